The van der Waals surface area contributed by atoms with Crippen molar-refractivity contribution in [1.29, 1.82) is 0 Å². The van der Waals surface area contributed by atoms with Gasteiger partial charge in [-0.3, -0.25) is 4.79 Å². The van der Waals surface area contributed by atoms with E-state index in [-0.39, 0.29) is 144 Å². The third kappa shape index (κ3) is 29.8. The number of rotatable bonds is 9. The molecule has 540 valence electrons. The van der Waals surface area contributed by atoms with E-state index in [4.69, 9.17) is 8.83 Å². The largest absolute Gasteiger partial charge is 1.00 e. The Morgan fingerprint density at radius 3 is 1.51 bits per heavy atom. The first-order chi connectivity index (χ1) is 45.6. The number of benzene rings is 2. The summed E-state index contributed by atoms with van der Waals surface area (Å²) in [5.74, 6) is 2.94. The molecule has 0 saturated carbocycles. The van der Waals surface area contributed by atoms with Crippen molar-refractivity contribution in [1.82, 2.24) is 48.6 Å². The van der Waals surface area contributed by atoms with Gasteiger partial charge in [0.2, 0.25) is 0 Å². The van der Waals surface area contributed by atoms with Crippen LogP contribution in [0.5, 0.6) is 0 Å². The summed E-state index contributed by atoms with van der Waals surface area (Å²) in [6.45, 7) is 22.1. The topological polar surface area (TPSA) is 196 Å². The molecule has 0 aliphatic rings. The molecule has 13 rings (SSSR count). The minimum absolute atomic E-state index is 0. The molecule has 11 aromatic heterocycles. The van der Waals surface area contributed by atoms with E-state index in [9.17, 15) is 15.1 Å². The van der Waals surface area contributed by atoms with E-state index >= 15 is 0 Å². The minimum atomic E-state index is -0.417. The fraction of sp³-hybridized carbons (Fsp3) is 0.203. The van der Waals surface area contributed by atoms with Gasteiger partial charge in [0, 0.05) is 191 Å². The molecule has 16 nitrogen and oxygen atoms in total. The normalized spacial score (nSPS) is 10.3. The van der Waals surface area contributed by atoms with Gasteiger partial charge in [-0.05, 0) is 109 Å². The average Bonchev–Trinajstić information content (AvgIpc) is 1.77. The van der Waals surface area contributed by atoms with E-state index < -0.39 is 5.41 Å². The number of aromatic nitrogens is 11. The number of furan rings is 1. The molecule has 2 aromatic carbocycles. The van der Waals surface area contributed by atoms with E-state index in [0.717, 1.165) is 73.8 Å². The Balaban J connectivity index is 0.000000585. The molecule has 1 N–H and O–H groups in total. The number of ketones is 1. The van der Waals surface area contributed by atoms with Crippen LogP contribution in [0.15, 0.2) is 259 Å². The molecule has 0 atom stereocenters. The van der Waals surface area contributed by atoms with Crippen LogP contribution in [0.4, 0.5) is 0 Å². The molecule has 0 aliphatic carbocycles. The minimum Gasteiger partial charge on any atom is -0.627 e. The molecule has 13 aromatic rings. The van der Waals surface area contributed by atoms with Gasteiger partial charge < -0.3 is 67.7 Å². The van der Waals surface area contributed by atoms with Crippen molar-refractivity contribution < 1.29 is 145 Å². The molecule has 22 heteroatoms. The van der Waals surface area contributed by atoms with Gasteiger partial charge in [0.1, 0.15) is 11.5 Å². The van der Waals surface area contributed by atoms with Gasteiger partial charge >= 0.3 is 19.8 Å². The summed E-state index contributed by atoms with van der Waals surface area (Å²) in [6.07, 6.45) is 23.1. The van der Waals surface area contributed by atoms with Crippen LogP contribution in [0.1, 0.15) is 80.9 Å². The van der Waals surface area contributed by atoms with Crippen molar-refractivity contribution in [2.45, 2.75) is 88.1 Å². The summed E-state index contributed by atoms with van der Waals surface area (Å²) in [5, 5.41) is 20.9. The summed E-state index contributed by atoms with van der Waals surface area (Å²) in [6, 6.07) is 69.8. The molecular weight excluding hydrogens is 2250 g/mol. The molecule has 0 spiro atoms. The molecule has 0 unspecified atom stereocenters. The van der Waals surface area contributed by atoms with E-state index in [1.54, 1.807) is 55.5 Å². The average molecular weight is 2330 g/mol. The van der Waals surface area contributed by atoms with Crippen LogP contribution < -0.4 is 4.73 Å². The predicted octanol–water partition coefficient (Wildman–Crippen LogP) is 17.1. The summed E-state index contributed by atoms with van der Waals surface area (Å²) in [4.78, 5) is 40.7. The second kappa shape index (κ2) is 46.2. The Labute approximate surface area is 676 Å². The van der Waals surface area contributed by atoms with E-state index in [2.05, 4.69) is 116 Å². The van der Waals surface area contributed by atoms with E-state index in [1.807, 2.05) is 229 Å². The molecule has 0 bridgehead atoms. The van der Waals surface area contributed by atoms with Crippen molar-refractivity contribution in [2.24, 2.45) is 17.9 Å². The fourth-order valence-corrected chi connectivity index (χ4v) is 8.16. The number of aliphatic hydroxyl groups is 1. The van der Waals surface area contributed by atoms with Crippen molar-refractivity contribution in [2.75, 3.05) is 0 Å². The van der Waals surface area contributed by atoms with Gasteiger partial charge in [0.15, 0.2) is 12.0 Å². The van der Waals surface area contributed by atoms with Gasteiger partial charge in [-0.1, -0.05) is 190 Å². The smallest absolute Gasteiger partial charge is 0.627 e. The van der Waals surface area contributed by atoms with Gasteiger partial charge in [0.25, 0.3) is 0 Å². The van der Waals surface area contributed by atoms with Crippen LogP contribution >= 0.6 is 0 Å². The predicted molar refractivity (Wildman–Crippen MR) is 372 cm³/mol. The van der Waals surface area contributed by atoms with E-state index in [1.165, 1.54) is 12.3 Å². The third-order valence-corrected chi connectivity index (χ3v) is 13.5. The summed E-state index contributed by atoms with van der Waals surface area (Å²) in [7, 11) is 1.99. The van der Waals surface area contributed by atoms with Gasteiger partial charge in [0.05, 0.1) is 5.89 Å². The van der Waals surface area contributed by atoms with E-state index in [0.29, 0.717) is 23.1 Å². The SMILES string of the molecule is CC(C)(C)C(=O)C=C(O)C(C)(C)C.CC(C)(C)c1n[c-]c(-c2ccccn2)o1.CCn1cn[c-]c1-c1ccccn1.Cc1c[c-]c(-c2ccccn2)o1.Cn1cc[c-]c1-c1ccccn1.[Ir].[Ir].[Ir].[O-][n+]1ccccc1-c1[c-]cccc1.[Os+].[Pd].[Pt].[c-]1ccn(-c2ccccc2)c1-c1ccccn1. The fourth-order valence-electron chi connectivity index (χ4n) is 8.16. The molecule has 4 radical (unpaired) electrons. The number of carbonyl (C=O) groups excluding carboxylic acids is 1. The van der Waals surface area contributed by atoms with Crippen LogP contribution in [0, 0.1) is 59.6 Å². The number of nitrogens with zero attached hydrogens (tertiary/aromatic N) is 11. The number of hydrogen-bond donors (Lipinski definition) is 1. The maximum absolute atomic E-state index is 11.5. The number of aliphatic hydroxyl groups excluding tert-OH is 1. The first-order valence-corrected chi connectivity index (χ1v) is 30.8. The molecular formula is C79H79Ir3N11O5OsPdPt-5. The monoisotopic (exact) mass is 2330 g/mol. The first-order valence-electron chi connectivity index (χ1n) is 30.8. The Bertz CT molecular complexity index is 4320. The Morgan fingerprint density at radius 1 is 0.574 bits per heavy atom. The van der Waals surface area contributed by atoms with Crippen molar-refractivity contribution in [3.63, 3.8) is 0 Å². The zero-order valence-electron chi connectivity index (χ0n) is 57.8. The number of allylic oxidation sites excluding steroid dienone is 2. The zero-order valence-corrected chi connectivity index (χ0v) is 71.3. The molecule has 0 saturated heterocycles. The first kappa shape index (κ1) is 91.6. The third-order valence-electron chi connectivity index (χ3n) is 13.5. The molecule has 101 heavy (non-hydrogen) atoms. The molecule has 0 amide bonds. The number of para-hydroxylation sites is 1. The van der Waals surface area contributed by atoms with Crippen LogP contribution in [-0.2, 0) is 145 Å². The van der Waals surface area contributed by atoms with Crippen molar-refractivity contribution in [3.05, 3.63) is 303 Å². The number of pyridine rings is 6. The Hall–Kier alpha value is -7.45. The van der Waals surface area contributed by atoms with Gasteiger partial charge in [-0.2, -0.15) is 24.3 Å². The number of oxazole rings is 1. The maximum atomic E-state index is 11.5. The summed E-state index contributed by atoms with van der Waals surface area (Å²) >= 11 is 0. The van der Waals surface area contributed by atoms with Crippen molar-refractivity contribution >= 4 is 5.78 Å². The number of aryl methyl sites for hydroxylation is 3. The Morgan fingerprint density at radius 2 is 1.07 bits per heavy atom. The second-order valence-corrected chi connectivity index (χ2v) is 24.1. The Kier molecular flexibility index (Phi) is 41.9. The molecule has 11 heterocycles. The quantitative estimate of drug-likeness (QED) is 0.0359. The standard InChI is InChI=1S/C15H11N2.C12H13N2O.C11H8NO.C11H20O2.C10H10N3.C10H9N2.C10H8NO.3Ir.Os.Pd.Pt/c1-2-7-13(8-3-1)17-12-6-10-15(17)14-9-4-5-11-16-14;1-12(2,3)11-14-8-10(15-11)9-6-4-5-7-13-9;13-12-9-5-4-8-11(12)10-6-2-1-3-7-10;1-10(2,3)8(12)7-9(13)11(4,5)6;1-2-13-8-11-7-10(13)9-5-3-4-6-12-9;1-12-8-4-6-10(12)9-5-2-3-7-11-9;1-8-5-6-10(12-8)9-4-2-3-7-11-9;;;;;;/h1-9,11-12H;4-7H,1-3H3;1-6,8-9H;7,12H,1-6H3;3-6,8H,2H2,1H3;2-5,7-8H,1H3;2-5,7H,1H3;;;;;;/q3*-1;;3*-1;;;;+1;;. The zero-order chi connectivity index (χ0) is 68.2. The van der Waals surface area contributed by atoms with Gasteiger partial charge in [-0.25, -0.2) is 4.73 Å². The van der Waals surface area contributed by atoms with Crippen LogP contribution in [0.3, 0.4) is 0 Å². The second-order valence-electron chi connectivity index (χ2n) is 24.1. The number of imidazole rings is 1. The number of hydrogen-bond acceptors (Lipinski definition) is 12. The van der Waals surface area contributed by atoms with Crippen LogP contribution in [0.25, 0.3) is 74.0 Å². The molecule has 0 aliphatic heterocycles. The van der Waals surface area contributed by atoms with Crippen molar-refractivity contribution in [3.8, 4) is 74.0 Å². The van der Waals surface area contributed by atoms with Crippen LogP contribution in [-0.4, -0.2) is 59.5 Å². The number of carbonyl (C=O) groups is 1. The summed E-state index contributed by atoms with van der Waals surface area (Å²) < 4.78 is 17.9. The van der Waals surface area contributed by atoms with Gasteiger partial charge in [-0.15, -0.1) is 42.5 Å². The molecule has 0 fully saturated rings. The maximum Gasteiger partial charge on any atom is 1.00 e. The summed E-state index contributed by atoms with van der Waals surface area (Å²) in [5.41, 5.74) is 9.06. The van der Waals surface area contributed by atoms with Crippen LogP contribution in [0.2, 0.25) is 0 Å².